The van der Waals surface area contributed by atoms with E-state index in [9.17, 15) is 14.9 Å². The van der Waals surface area contributed by atoms with E-state index in [2.05, 4.69) is 6.07 Å². The van der Waals surface area contributed by atoms with Crippen molar-refractivity contribution in [3.63, 3.8) is 0 Å². The van der Waals surface area contributed by atoms with E-state index in [-0.39, 0.29) is 18.2 Å². The molecule has 1 aliphatic heterocycles. The average Bonchev–Trinajstić information content (AvgIpc) is 2.93. The number of ether oxygens (including phenoxy) is 2. The molecule has 27 heavy (non-hydrogen) atoms. The molecule has 0 spiro atoms. The highest BCUT2D eigenvalue weighted by atomic mass is 16.5. The molecule has 2 amide bonds. The fourth-order valence-electron chi connectivity index (χ4n) is 3.21. The van der Waals surface area contributed by atoms with Gasteiger partial charge in [0.1, 0.15) is 0 Å². The molecule has 0 bridgehead atoms. The first-order valence-corrected chi connectivity index (χ1v) is 8.85. The highest BCUT2D eigenvalue weighted by molar-refractivity contribution is 6.21. The van der Waals surface area contributed by atoms with E-state index in [1.165, 1.54) is 4.90 Å². The number of amides is 2. The van der Waals surface area contributed by atoms with Crippen molar-refractivity contribution in [2.24, 2.45) is 0 Å². The Morgan fingerprint density at radius 2 is 1.56 bits per heavy atom. The molecular weight excluding hydrogens is 344 g/mol. The highest BCUT2D eigenvalue weighted by Gasteiger charge is 2.40. The summed E-state index contributed by atoms with van der Waals surface area (Å²) in [4.78, 5) is 26.8. The minimum absolute atomic E-state index is 0.00891. The summed E-state index contributed by atoms with van der Waals surface area (Å²) < 4.78 is 11.2. The van der Waals surface area contributed by atoms with E-state index in [1.807, 2.05) is 13.8 Å². The molecule has 1 heterocycles. The van der Waals surface area contributed by atoms with Crippen LogP contribution in [0.25, 0.3) is 0 Å². The van der Waals surface area contributed by atoms with Gasteiger partial charge in [-0.25, -0.2) is 0 Å². The molecule has 0 N–H and O–H groups in total. The number of hydrogen-bond acceptors (Lipinski definition) is 5. The van der Waals surface area contributed by atoms with Crippen molar-refractivity contribution < 1.29 is 19.1 Å². The van der Waals surface area contributed by atoms with Gasteiger partial charge in [0.15, 0.2) is 11.5 Å². The van der Waals surface area contributed by atoms with Crippen molar-refractivity contribution in [2.75, 3.05) is 13.2 Å². The summed E-state index contributed by atoms with van der Waals surface area (Å²) in [6, 6.07) is 13.3. The van der Waals surface area contributed by atoms with Gasteiger partial charge >= 0.3 is 0 Å². The number of rotatable bonds is 7. The van der Waals surface area contributed by atoms with Gasteiger partial charge in [0, 0.05) is 0 Å². The topological polar surface area (TPSA) is 79.6 Å². The lowest BCUT2D eigenvalue weighted by Gasteiger charge is -2.25. The number of nitrogens with zero attached hydrogens (tertiary/aromatic N) is 2. The molecule has 0 saturated heterocycles. The zero-order chi connectivity index (χ0) is 19.4. The molecule has 0 saturated carbocycles. The van der Waals surface area contributed by atoms with Crippen molar-refractivity contribution in [3.05, 3.63) is 59.2 Å². The van der Waals surface area contributed by atoms with Gasteiger partial charge in [0.05, 0.1) is 42.9 Å². The maximum Gasteiger partial charge on any atom is 0.262 e. The highest BCUT2D eigenvalue weighted by Crippen LogP contribution is 2.37. The number of fused-ring (bicyclic) bond motifs is 1. The van der Waals surface area contributed by atoms with E-state index in [4.69, 9.17) is 9.47 Å². The summed E-state index contributed by atoms with van der Waals surface area (Å²) in [5.41, 5.74) is 1.38. The van der Waals surface area contributed by atoms with Crippen LogP contribution in [0.3, 0.4) is 0 Å². The van der Waals surface area contributed by atoms with Crippen LogP contribution in [-0.4, -0.2) is 29.9 Å². The van der Waals surface area contributed by atoms with Crippen LogP contribution in [0.4, 0.5) is 0 Å². The van der Waals surface area contributed by atoms with Gasteiger partial charge < -0.3 is 9.47 Å². The Morgan fingerprint density at radius 3 is 2.11 bits per heavy atom. The first kappa shape index (κ1) is 18.5. The van der Waals surface area contributed by atoms with Gasteiger partial charge in [-0.3, -0.25) is 14.5 Å². The Bertz CT molecular complexity index is 882. The van der Waals surface area contributed by atoms with Crippen LogP contribution in [0.5, 0.6) is 11.5 Å². The molecule has 1 unspecified atom stereocenters. The molecule has 1 atom stereocenters. The standard InChI is InChI=1S/C21H20N2O4/c1-3-26-18-10-9-14(13-19(18)27-4-2)17(11-12-22)23-20(24)15-7-5-6-8-16(15)21(23)25/h5-10,13,17H,3-4,11H2,1-2H3. The van der Waals surface area contributed by atoms with Crippen LogP contribution in [0, 0.1) is 11.3 Å². The first-order chi connectivity index (χ1) is 13.1. The Morgan fingerprint density at radius 1 is 0.963 bits per heavy atom. The molecule has 3 rings (SSSR count). The van der Waals surface area contributed by atoms with E-state index < -0.39 is 6.04 Å². The van der Waals surface area contributed by atoms with Gasteiger partial charge in [-0.15, -0.1) is 0 Å². The van der Waals surface area contributed by atoms with E-state index >= 15 is 0 Å². The molecule has 1 aliphatic rings. The van der Waals surface area contributed by atoms with E-state index in [0.717, 1.165) is 0 Å². The molecule has 0 radical (unpaired) electrons. The van der Waals surface area contributed by atoms with Crippen LogP contribution in [0.1, 0.15) is 52.6 Å². The van der Waals surface area contributed by atoms with Crippen LogP contribution in [0.2, 0.25) is 0 Å². The second kappa shape index (κ2) is 7.92. The Hall–Kier alpha value is -3.33. The molecular formula is C21H20N2O4. The quantitative estimate of drug-likeness (QED) is 0.699. The lowest BCUT2D eigenvalue weighted by atomic mass is 10.0. The normalized spacial score (nSPS) is 13.9. The van der Waals surface area contributed by atoms with Crippen LogP contribution < -0.4 is 9.47 Å². The number of hydrogen-bond donors (Lipinski definition) is 0. The molecule has 0 aromatic heterocycles. The molecule has 2 aromatic rings. The van der Waals surface area contributed by atoms with Gasteiger partial charge in [0.2, 0.25) is 0 Å². The molecule has 138 valence electrons. The van der Waals surface area contributed by atoms with E-state index in [0.29, 0.717) is 41.4 Å². The van der Waals surface area contributed by atoms with E-state index in [1.54, 1.807) is 42.5 Å². The average molecular weight is 364 g/mol. The predicted octanol–water partition coefficient (Wildman–Crippen LogP) is 3.73. The predicted molar refractivity (Wildman–Crippen MR) is 98.7 cm³/mol. The fourth-order valence-corrected chi connectivity index (χ4v) is 3.21. The zero-order valence-electron chi connectivity index (χ0n) is 15.3. The van der Waals surface area contributed by atoms with Crippen molar-refractivity contribution >= 4 is 11.8 Å². The van der Waals surface area contributed by atoms with Crippen LogP contribution in [0.15, 0.2) is 42.5 Å². The minimum atomic E-state index is -0.697. The monoisotopic (exact) mass is 364 g/mol. The van der Waals surface area contributed by atoms with Crippen molar-refractivity contribution in [1.82, 2.24) is 4.90 Å². The number of carbonyl (C=O) groups is 2. The summed E-state index contributed by atoms with van der Waals surface area (Å²) in [5, 5.41) is 9.30. The largest absolute Gasteiger partial charge is 0.490 e. The number of imide groups is 1. The summed E-state index contributed by atoms with van der Waals surface area (Å²) in [6.45, 7) is 4.67. The summed E-state index contributed by atoms with van der Waals surface area (Å²) in [6.07, 6.45) is -0.00891. The zero-order valence-corrected chi connectivity index (χ0v) is 15.3. The number of benzene rings is 2. The lowest BCUT2D eigenvalue weighted by molar-refractivity contribution is 0.0584. The maximum atomic E-state index is 12.8. The fraction of sp³-hybridized carbons (Fsp3) is 0.286. The SMILES string of the molecule is CCOc1ccc(C(CC#N)N2C(=O)c3ccccc3C2=O)cc1OCC. The van der Waals surface area contributed by atoms with Crippen molar-refractivity contribution in [3.8, 4) is 17.6 Å². The third-order valence-corrected chi connectivity index (χ3v) is 4.37. The summed E-state index contributed by atoms with van der Waals surface area (Å²) in [5.74, 6) is 0.336. The van der Waals surface area contributed by atoms with Crippen LogP contribution >= 0.6 is 0 Å². The first-order valence-electron chi connectivity index (χ1n) is 8.85. The van der Waals surface area contributed by atoms with Gasteiger partial charge in [0.25, 0.3) is 11.8 Å². The maximum absolute atomic E-state index is 12.8. The number of carbonyl (C=O) groups excluding carboxylic acids is 2. The molecule has 0 fully saturated rings. The Labute approximate surface area is 157 Å². The number of nitriles is 1. The second-order valence-electron chi connectivity index (χ2n) is 5.98. The molecule has 2 aromatic carbocycles. The van der Waals surface area contributed by atoms with Crippen molar-refractivity contribution in [1.29, 1.82) is 5.26 Å². The third-order valence-electron chi connectivity index (χ3n) is 4.37. The smallest absolute Gasteiger partial charge is 0.262 e. The summed E-state index contributed by atoms with van der Waals surface area (Å²) >= 11 is 0. The van der Waals surface area contributed by atoms with Gasteiger partial charge in [-0.1, -0.05) is 18.2 Å². The minimum Gasteiger partial charge on any atom is -0.490 e. The molecule has 0 aliphatic carbocycles. The third kappa shape index (κ3) is 3.36. The molecule has 6 heteroatoms. The lowest BCUT2D eigenvalue weighted by Crippen LogP contribution is -2.34. The Balaban J connectivity index is 2.02. The second-order valence-corrected chi connectivity index (χ2v) is 5.98. The van der Waals surface area contributed by atoms with Crippen LogP contribution in [-0.2, 0) is 0 Å². The summed E-state index contributed by atoms with van der Waals surface area (Å²) in [7, 11) is 0. The van der Waals surface area contributed by atoms with Gasteiger partial charge in [-0.2, -0.15) is 5.26 Å². The Kier molecular flexibility index (Phi) is 5.41. The van der Waals surface area contributed by atoms with Crippen molar-refractivity contribution in [2.45, 2.75) is 26.3 Å². The molecule has 6 nitrogen and oxygen atoms in total. The van der Waals surface area contributed by atoms with Gasteiger partial charge in [-0.05, 0) is 43.7 Å².